The molecule has 1 aliphatic heterocycles. The van der Waals surface area contributed by atoms with Crippen LogP contribution in [-0.2, 0) is 6.42 Å². The summed E-state index contributed by atoms with van der Waals surface area (Å²) in [6.07, 6.45) is 0.767. The Bertz CT molecular complexity index is 674. The minimum atomic E-state index is -1.58. The molecule has 9 heteroatoms. The van der Waals surface area contributed by atoms with Gasteiger partial charge < -0.3 is 11.1 Å². The highest BCUT2D eigenvalue weighted by Crippen LogP contribution is 2.21. The van der Waals surface area contributed by atoms with Gasteiger partial charge in [0, 0.05) is 6.42 Å². The Morgan fingerprint density at radius 1 is 1.43 bits per heavy atom. The van der Waals surface area contributed by atoms with Gasteiger partial charge in [-0.1, -0.05) is 12.1 Å². The lowest BCUT2D eigenvalue weighted by Gasteiger charge is -2.28. The van der Waals surface area contributed by atoms with Gasteiger partial charge in [-0.05, 0) is 18.1 Å². The molecule has 1 atom stereocenters. The summed E-state index contributed by atoms with van der Waals surface area (Å²) >= 11 is 0. The molecule has 0 aromatic heterocycles. The van der Waals surface area contributed by atoms with E-state index in [1.54, 1.807) is 0 Å². The normalized spacial score (nSPS) is 21.3. The highest BCUT2D eigenvalue weighted by atomic mass is 19.2. The summed E-state index contributed by atoms with van der Waals surface area (Å²) < 4.78 is 27.3. The molecule has 0 fully saturated rings. The van der Waals surface area contributed by atoms with Gasteiger partial charge in [0.25, 0.3) is 0 Å². The molecule has 21 heavy (non-hydrogen) atoms. The van der Waals surface area contributed by atoms with E-state index in [0.29, 0.717) is 0 Å². The third-order valence-electron chi connectivity index (χ3n) is 3.05. The summed E-state index contributed by atoms with van der Waals surface area (Å²) in [4.78, 5) is 13.7. The first-order chi connectivity index (χ1) is 9.73. The fourth-order valence-corrected chi connectivity index (χ4v) is 1.92. The Kier molecular flexibility index (Phi) is 3.60. The zero-order chi connectivity index (χ0) is 15.8. The van der Waals surface area contributed by atoms with E-state index in [9.17, 15) is 18.9 Å². The lowest BCUT2D eigenvalue weighted by molar-refractivity contribution is -0.416. The SMILES string of the molecule is Cc1ccc(CC2(N)N=C(N)C([N+](=O)[O-])=CN2)c(F)c1F. The van der Waals surface area contributed by atoms with Crippen molar-refractivity contribution >= 4 is 5.84 Å². The number of nitrogens with zero attached hydrogens (tertiary/aromatic N) is 2. The predicted octanol–water partition coefficient (Wildman–Crippen LogP) is 0.507. The number of hydrogen-bond acceptors (Lipinski definition) is 6. The number of nitro groups is 1. The van der Waals surface area contributed by atoms with Crippen molar-refractivity contribution in [2.24, 2.45) is 16.5 Å². The first kappa shape index (κ1) is 14.9. The van der Waals surface area contributed by atoms with Crippen LogP contribution >= 0.6 is 0 Å². The van der Waals surface area contributed by atoms with Crippen LogP contribution in [0.25, 0.3) is 0 Å². The number of nitrogens with one attached hydrogen (secondary N) is 1. The third-order valence-corrected chi connectivity index (χ3v) is 3.05. The van der Waals surface area contributed by atoms with Gasteiger partial charge in [-0.15, -0.1) is 0 Å². The topological polar surface area (TPSA) is 120 Å². The fraction of sp³-hybridized carbons (Fsp3) is 0.250. The van der Waals surface area contributed by atoms with Crippen LogP contribution in [0.5, 0.6) is 0 Å². The van der Waals surface area contributed by atoms with Crippen LogP contribution in [0, 0.1) is 28.7 Å². The maximum absolute atomic E-state index is 13.8. The van der Waals surface area contributed by atoms with Gasteiger partial charge in [0.05, 0.1) is 11.1 Å². The number of rotatable bonds is 3. The smallest absolute Gasteiger partial charge is 0.326 e. The monoisotopic (exact) mass is 297 g/mol. The van der Waals surface area contributed by atoms with Crippen LogP contribution in [0.4, 0.5) is 8.78 Å². The van der Waals surface area contributed by atoms with Crippen molar-refractivity contribution in [3.05, 3.63) is 56.9 Å². The third kappa shape index (κ3) is 2.82. The second-order valence-electron chi connectivity index (χ2n) is 4.70. The molecule has 1 heterocycles. The molecule has 5 N–H and O–H groups in total. The Hall–Kier alpha value is -2.55. The number of halogens is 2. The molecule has 0 radical (unpaired) electrons. The van der Waals surface area contributed by atoms with Crippen molar-refractivity contribution in [1.82, 2.24) is 5.32 Å². The lowest BCUT2D eigenvalue weighted by atomic mass is 10.0. The van der Waals surface area contributed by atoms with Crippen LogP contribution in [0.1, 0.15) is 11.1 Å². The summed E-state index contributed by atoms with van der Waals surface area (Å²) in [6, 6.07) is 2.79. The van der Waals surface area contributed by atoms with Gasteiger partial charge >= 0.3 is 5.70 Å². The highest BCUT2D eigenvalue weighted by molar-refractivity contribution is 5.95. The molecule has 2 rings (SSSR count). The van der Waals surface area contributed by atoms with E-state index < -0.39 is 28.0 Å². The van der Waals surface area contributed by atoms with Gasteiger partial charge in [-0.25, -0.2) is 13.8 Å². The summed E-state index contributed by atoms with van der Waals surface area (Å²) in [5.74, 6) is -3.95. The number of amidine groups is 1. The molecular formula is C12H13F2N5O2. The van der Waals surface area contributed by atoms with Gasteiger partial charge in [0.1, 0.15) is 0 Å². The number of benzene rings is 1. The molecule has 1 unspecified atom stereocenters. The summed E-state index contributed by atoms with van der Waals surface area (Å²) in [5.41, 5.74) is 11.0. The Morgan fingerprint density at radius 3 is 2.67 bits per heavy atom. The molecule has 1 aromatic carbocycles. The molecule has 1 aliphatic rings. The fourth-order valence-electron chi connectivity index (χ4n) is 1.92. The van der Waals surface area contributed by atoms with Crippen LogP contribution in [0.3, 0.4) is 0 Å². The van der Waals surface area contributed by atoms with Gasteiger partial charge in [0.15, 0.2) is 17.4 Å². The van der Waals surface area contributed by atoms with E-state index in [4.69, 9.17) is 11.5 Å². The van der Waals surface area contributed by atoms with Crippen molar-refractivity contribution in [3.63, 3.8) is 0 Å². The Morgan fingerprint density at radius 2 is 2.10 bits per heavy atom. The predicted molar refractivity (Wildman–Crippen MR) is 71.6 cm³/mol. The van der Waals surface area contributed by atoms with Crippen LogP contribution in [0.2, 0.25) is 0 Å². The second-order valence-corrected chi connectivity index (χ2v) is 4.70. The van der Waals surface area contributed by atoms with E-state index in [0.717, 1.165) is 6.20 Å². The molecule has 0 saturated carbocycles. The first-order valence-electron chi connectivity index (χ1n) is 5.94. The number of aliphatic imine (C=N–C) groups is 1. The largest absolute Gasteiger partial charge is 0.378 e. The molecular weight excluding hydrogens is 284 g/mol. The second kappa shape index (κ2) is 5.09. The maximum Gasteiger partial charge on any atom is 0.326 e. The van der Waals surface area contributed by atoms with Crippen molar-refractivity contribution in [2.75, 3.05) is 0 Å². The quantitative estimate of drug-likeness (QED) is 0.554. The lowest BCUT2D eigenvalue weighted by Crippen LogP contribution is -2.55. The standard InChI is InChI=1S/C12H13F2N5O2/c1-6-2-3-7(10(14)9(6)13)4-12(16)17-5-8(19(20)21)11(15)18-12/h2-3,5,17H,4,16H2,1H3,(H2,15,18). The maximum atomic E-state index is 13.8. The van der Waals surface area contributed by atoms with E-state index in [1.807, 2.05) is 0 Å². The minimum Gasteiger partial charge on any atom is -0.378 e. The molecule has 0 saturated heterocycles. The van der Waals surface area contributed by atoms with Crippen LogP contribution in [0.15, 0.2) is 29.0 Å². The van der Waals surface area contributed by atoms with Gasteiger partial charge in [0.2, 0.25) is 5.84 Å². The summed E-state index contributed by atoms with van der Waals surface area (Å²) in [6.45, 7) is 1.43. The number of hydrogen-bond donors (Lipinski definition) is 3. The Balaban J connectivity index is 2.29. The summed E-state index contributed by atoms with van der Waals surface area (Å²) in [5, 5.41) is 13.1. The van der Waals surface area contributed by atoms with E-state index in [2.05, 4.69) is 10.3 Å². The highest BCUT2D eigenvalue weighted by Gasteiger charge is 2.33. The molecule has 0 aliphatic carbocycles. The molecule has 0 bridgehead atoms. The van der Waals surface area contributed by atoms with E-state index >= 15 is 0 Å². The molecule has 0 spiro atoms. The number of aryl methyl sites for hydroxylation is 1. The van der Waals surface area contributed by atoms with Gasteiger partial charge in [-0.3, -0.25) is 15.8 Å². The van der Waals surface area contributed by atoms with Crippen molar-refractivity contribution in [1.29, 1.82) is 0 Å². The first-order valence-corrected chi connectivity index (χ1v) is 5.94. The average Bonchev–Trinajstić information content (AvgIpc) is 2.39. The molecule has 7 nitrogen and oxygen atoms in total. The zero-order valence-corrected chi connectivity index (χ0v) is 11.1. The average molecular weight is 297 g/mol. The van der Waals surface area contributed by atoms with E-state index in [-0.39, 0.29) is 23.4 Å². The van der Waals surface area contributed by atoms with Crippen molar-refractivity contribution < 1.29 is 13.7 Å². The van der Waals surface area contributed by atoms with Gasteiger partial charge in [-0.2, -0.15) is 0 Å². The zero-order valence-electron chi connectivity index (χ0n) is 11.1. The minimum absolute atomic E-state index is 0.0115. The molecule has 0 amide bonds. The Labute approximate surface area is 118 Å². The van der Waals surface area contributed by atoms with E-state index in [1.165, 1.54) is 19.1 Å². The van der Waals surface area contributed by atoms with Crippen LogP contribution in [-0.4, -0.2) is 16.5 Å². The molecule has 1 aromatic rings. The number of nitrogens with two attached hydrogens (primary N) is 2. The molecule has 112 valence electrons. The van der Waals surface area contributed by atoms with Crippen molar-refractivity contribution in [2.45, 2.75) is 19.1 Å². The van der Waals surface area contributed by atoms with Crippen LogP contribution < -0.4 is 16.8 Å². The summed E-state index contributed by atoms with van der Waals surface area (Å²) in [7, 11) is 0. The van der Waals surface area contributed by atoms with Crippen molar-refractivity contribution in [3.8, 4) is 0 Å².